The van der Waals surface area contributed by atoms with Crippen LogP contribution in [0.5, 0.6) is 5.75 Å². The maximum Gasteiger partial charge on any atom is 0.419 e. The molecule has 2 aromatic rings. The minimum atomic E-state index is -4.82. The van der Waals surface area contributed by atoms with E-state index in [0.717, 1.165) is 72.9 Å². The fraction of sp³-hybridized carbons (Fsp3) is 0.649. The highest BCUT2D eigenvalue weighted by molar-refractivity contribution is 6.01. The number of carbonyl (C=O) groups excluding carboxylic acids is 12. The van der Waals surface area contributed by atoms with Gasteiger partial charge >= 0.3 is 12.4 Å². The Labute approximate surface area is 615 Å². The summed E-state index contributed by atoms with van der Waals surface area (Å²) in [6.45, 7) is 4.95. The predicted octanol–water partition coefficient (Wildman–Crippen LogP) is 4.83. The van der Waals surface area contributed by atoms with Gasteiger partial charge in [0.1, 0.15) is 59.6 Å². The molecule has 3 N–H and O–H groups in total. The number of methoxy groups -OCH3 is 1. The summed E-state index contributed by atoms with van der Waals surface area (Å²) in [7, 11) is 11.9. The molecule has 106 heavy (non-hydrogen) atoms. The molecule has 5 aliphatic rings. The molecule has 0 aromatic heterocycles. The second-order valence-electron chi connectivity index (χ2n) is 28.9. The van der Waals surface area contributed by atoms with Gasteiger partial charge in [-0.25, -0.2) is 0 Å². The molecule has 1 spiro atoms. The van der Waals surface area contributed by atoms with Gasteiger partial charge in [-0.2, -0.15) is 26.3 Å². The third kappa shape index (κ3) is 19.9. The van der Waals surface area contributed by atoms with Gasteiger partial charge in [0, 0.05) is 88.9 Å². The zero-order valence-electron chi connectivity index (χ0n) is 62.9. The van der Waals surface area contributed by atoms with E-state index in [1.165, 1.54) is 77.1 Å². The number of rotatable bonds is 13. The van der Waals surface area contributed by atoms with E-state index in [1.54, 1.807) is 39.8 Å². The first kappa shape index (κ1) is 84.4. The van der Waals surface area contributed by atoms with Crippen molar-refractivity contribution in [2.75, 3.05) is 96.3 Å². The minimum absolute atomic E-state index is 0.00160. The number of ether oxygens (including phenoxy) is 2. The molecular formula is C74H104F6N12O14. The van der Waals surface area contributed by atoms with Crippen LogP contribution in [0.2, 0.25) is 0 Å². The van der Waals surface area contributed by atoms with Gasteiger partial charge in [-0.1, -0.05) is 70.4 Å². The number of nitrogens with one attached hydrogen (secondary N) is 3. The molecular weight excluding hydrogens is 1390 g/mol. The Hall–Kier alpha value is -8.84. The van der Waals surface area contributed by atoms with Crippen molar-refractivity contribution >= 4 is 70.9 Å². The van der Waals surface area contributed by atoms with Crippen LogP contribution in [0.1, 0.15) is 140 Å². The number of hydrogen-bond donors (Lipinski definition) is 3. The molecule has 3 heterocycles. The van der Waals surface area contributed by atoms with Crippen molar-refractivity contribution in [2.45, 2.75) is 203 Å². The lowest BCUT2D eigenvalue weighted by molar-refractivity contribution is -0.157. The fourth-order valence-electron chi connectivity index (χ4n) is 14.9. The zero-order valence-corrected chi connectivity index (χ0v) is 62.9. The number of hydrogen-bond acceptors (Lipinski definition) is 14. The quantitative estimate of drug-likeness (QED) is 0.179. The van der Waals surface area contributed by atoms with Gasteiger partial charge < -0.3 is 69.5 Å². The molecule has 3 aliphatic heterocycles. The van der Waals surface area contributed by atoms with E-state index in [2.05, 4.69) is 16.0 Å². The average Bonchev–Trinajstić information content (AvgIpc) is 1.15. The molecule has 2 aliphatic carbocycles. The Morgan fingerprint density at radius 1 is 0.679 bits per heavy atom. The zero-order chi connectivity index (χ0) is 78.6. The number of nitrogens with zero attached hydrogens (tertiary/aromatic N) is 9. The number of amides is 12. The van der Waals surface area contributed by atoms with Crippen LogP contribution in [0.3, 0.4) is 0 Å². The van der Waals surface area contributed by atoms with E-state index in [1.807, 2.05) is 0 Å². The highest BCUT2D eigenvalue weighted by Gasteiger charge is 2.54. The highest BCUT2D eigenvalue weighted by Crippen LogP contribution is 2.40. The second kappa shape index (κ2) is 36.2. The van der Waals surface area contributed by atoms with Crippen molar-refractivity contribution in [1.29, 1.82) is 0 Å². The summed E-state index contributed by atoms with van der Waals surface area (Å²) in [5.41, 5.74) is -3.38. The van der Waals surface area contributed by atoms with Gasteiger partial charge in [-0.05, 0) is 118 Å². The first-order chi connectivity index (χ1) is 49.8. The van der Waals surface area contributed by atoms with Crippen molar-refractivity contribution in [3.63, 3.8) is 0 Å². The standard InChI is InChI=1S/C74H104F6N12O14/c1-14-44(4)61-69(102)86(8)43-60(95)88(10)53-25-18-17-21-36-91(68(53)101)56(37-45-26-30-48(31-27-45)73(75,76)77)67(100)85(7)42-58(93)81-51(33-29-46-28-32-50(74(78,79)80)57(38-46)105-13)65(98)92-41-49(106-16-3)39-54(92)64(97)83-72(34-22-35-72)71(104)90(12)62(47-23-19-20-24-47)70(103)89(11)55(66(99)84(5)6)40-59(94)87(9)52(15-2)63(96)82-61/h17-18,26-28,30-32,38,44,47,49,51-56,61-62H,14-16,19-25,29,33-37,39-43H2,1-13H3,(H,81,93)(H,82,96)(H,83,97)/b18-17-/t44-,49+,51+,52-,53-,54-,55-,56-,61-,62-/m0/s1. The second-order valence-corrected chi connectivity index (χ2v) is 28.9. The maximum atomic E-state index is 15.5. The molecule has 2 saturated carbocycles. The van der Waals surface area contributed by atoms with Gasteiger partial charge in [0.05, 0.1) is 43.9 Å². The number of alkyl halides is 6. The predicted molar refractivity (Wildman–Crippen MR) is 376 cm³/mol. The molecule has 2 aromatic carbocycles. The Morgan fingerprint density at radius 3 is 1.90 bits per heavy atom. The van der Waals surface area contributed by atoms with Gasteiger partial charge in [0.25, 0.3) is 0 Å². The summed E-state index contributed by atoms with van der Waals surface area (Å²) in [5, 5.41) is 8.44. The van der Waals surface area contributed by atoms with Crippen LogP contribution in [-0.2, 0) is 87.5 Å². The molecule has 4 fully saturated rings. The molecule has 26 nitrogen and oxygen atoms in total. The third-order valence-electron chi connectivity index (χ3n) is 21.6. The van der Waals surface area contributed by atoms with E-state index in [9.17, 15) is 55.1 Å². The first-order valence-electron chi connectivity index (χ1n) is 36.3. The molecule has 32 heteroatoms. The van der Waals surface area contributed by atoms with Crippen LogP contribution in [0.4, 0.5) is 26.3 Å². The number of halogens is 6. The maximum absolute atomic E-state index is 15.5. The molecule has 7 rings (SSSR count). The highest BCUT2D eigenvalue weighted by atomic mass is 19.4. The average molecular weight is 1500 g/mol. The van der Waals surface area contributed by atoms with Crippen LogP contribution >= 0.6 is 0 Å². The fourth-order valence-corrected chi connectivity index (χ4v) is 14.9. The van der Waals surface area contributed by atoms with Gasteiger partial charge in [0.2, 0.25) is 70.9 Å². The van der Waals surface area contributed by atoms with Crippen molar-refractivity contribution < 1.29 is 93.4 Å². The van der Waals surface area contributed by atoms with E-state index in [0.29, 0.717) is 38.5 Å². The number of carbonyl (C=O) groups is 12. The summed E-state index contributed by atoms with van der Waals surface area (Å²) in [5.74, 6) is -11.0. The van der Waals surface area contributed by atoms with Crippen LogP contribution in [0, 0.1) is 11.8 Å². The summed E-state index contributed by atoms with van der Waals surface area (Å²) < 4.78 is 95.5. The van der Waals surface area contributed by atoms with E-state index in [4.69, 9.17) is 9.47 Å². The number of likely N-dealkylation sites (N-methyl/N-ethyl adjacent to an activating group) is 7. The minimum Gasteiger partial charge on any atom is -0.496 e. The molecule has 2 bridgehead atoms. The van der Waals surface area contributed by atoms with E-state index >= 15 is 28.8 Å². The lowest BCUT2D eigenvalue weighted by Gasteiger charge is -2.46. The molecule has 12 amide bonds. The monoisotopic (exact) mass is 1500 g/mol. The van der Waals surface area contributed by atoms with Crippen molar-refractivity contribution in [1.82, 2.24) is 60.0 Å². The third-order valence-corrected chi connectivity index (χ3v) is 21.6. The van der Waals surface area contributed by atoms with Gasteiger partial charge in [-0.15, -0.1) is 0 Å². The summed E-state index contributed by atoms with van der Waals surface area (Å²) in [6.07, 6.45) is -5.45. The summed E-state index contributed by atoms with van der Waals surface area (Å²) in [6, 6.07) is -4.35. The topological polar surface area (TPSA) is 289 Å². The van der Waals surface area contributed by atoms with Crippen LogP contribution in [0.15, 0.2) is 54.6 Å². The Kier molecular flexibility index (Phi) is 28.8. The SMILES string of the molecule is CCO[C@@H]1C[C@H]2C(=O)NC3(CCC3)C(=O)N(C)[C@@H](C3CCCC3)C(=O)N(C)[C@H](C(=O)N(C)C)CC(=O)N(C)[C@@H](CC)C(=O)N[C@@H]([C@@H](C)CC)C(=O)N(C)CC(=O)N(C)[C@H]3C/C=C\CCN(C3=O)[C@@H](Cc3ccc(C(F)(F)F)cc3)C(=O)N(C)CC(=O)N[C@H](CCc3ccc(C(F)(F)F)c(OC)c3)C(=O)N2C1. The molecule has 0 unspecified atom stereocenters. The smallest absolute Gasteiger partial charge is 0.419 e. The van der Waals surface area contributed by atoms with Crippen molar-refractivity contribution in [3.05, 3.63) is 76.9 Å². The first-order valence-corrected chi connectivity index (χ1v) is 36.3. The molecule has 586 valence electrons. The van der Waals surface area contributed by atoms with Crippen LogP contribution < -0.4 is 20.7 Å². The normalized spacial score (nSPS) is 26.3. The van der Waals surface area contributed by atoms with Gasteiger partial charge in [-0.3, -0.25) is 57.5 Å². The molecule has 0 radical (unpaired) electrons. The summed E-state index contributed by atoms with van der Waals surface area (Å²) in [4.78, 5) is 190. The molecule has 10 atom stereocenters. The van der Waals surface area contributed by atoms with Crippen LogP contribution in [0.25, 0.3) is 0 Å². The van der Waals surface area contributed by atoms with Crippen molar-refractivity contribution in [2.24, 2.45) is 11.8 Å². The Morgan fingerprint density at radius 2 is 1.32 bits per heavy atom. The van der Waals surface area contributed by atoms with E-state index in [-0.39, 0.29) is 82.2 Å². The Bertz CT molecular complexity index is 3570. The number of fused-ring (bicyclic) bond motifs is 3. The summed E-state index contributed by atoms with van der Waals surface area (Å²) >= 11 is 0. The van der Waals surface area contributed by atoms with Crippen LogP contribution in [-0.4, -0.2) is 271 Å². The van der Waals surface area contributed by atoms with Gasteiger partial charge in [0.15, 0.2) is 0 Å². The largest absolute Gasteiger partial charge is 0.496 e. The lowest BCUT2D eigenvalue weighted by Crippen LogP contribution is -2.68. The van der Waals surface area contributed by atoms with E-state index < -0.39 is 198 Å². The number of benzene rings is 2. The lowest BCUT2D eigenvalue weighted by atomic mass is 9.74. The molecule has 2 saturated heterocycles. The number of aryl methyl sites for hydroxylation is 1. The Balaban J connectivity index is 1.34. The van der Waals surface area contributed by atoms with Crippen molar-refractivity contribution in [3.8, 4) is 5.75 Å².